The summed E-state index contributed by atoms with van der Waals surface area (Å²) in [5.74, 6) is 0. The van der Waals surface area contributed by atoms with E-state index in [0.29, 0.717) is 0 Å². The second-order valence-electron chi connectivity index (χ2n) is 4.63. The van der Waals surface area contributed by atoms with E-state index >= 15 is 0 Å². The van der Waals surface area contributed by atoms with E-state index in [1.54, 1.807) is 0 Å². The molecule has 146 valence electrons. The third kappa shape index (κ3) is 68.4. The fourth-order valence-corrected chi connectivity index (χ4v) is 0.610. The van der Waals surface area contributed by atoms with E-state index in [1.807, 2.05) is 6.07 Å². The van der Waals surface area contributed by atoms with Crippen molar-refractivity contribution in [2.45, 2.75) is 26.2 Å². The van der Waals surface area contributed by atoms with Crippen molar-refractivity contribution in [3.8, 4) is 0 Å². The summed E-state index contributed by atoms with van der Waals surface area (Å²) in [7, 11) is -18.0. The van der Waals surface area contributed by atoms with E-state index in [2.05, 4.69) is 37.2 Å². The van der Waals surface area contributed by atoms with Crippen molar-refractivity contribution in [1.29, 1.82) is 0 Å². The van der Waals surface area contributed by atoms with Crippen LogP contribution in [0.4, 0.5) is 51.8 Å². The van der Waals surface area contributed by atoms with Gasteiger partial charge < -0.3 is 56.9 Å². The van der Waals surface area contributed by atoms with Crippen LogP contribution in [0, 0.1) is 6.20 Å². The zero-order valence-corrected chi connectivity index (χ0v) is 16.4. The number of nitrogens with one attached hydrogen (secondary N) is 1. The maximum absolute atomic E-state index is 9.75. The molecule has 0 fully saturated rings. The predicted molar refractivity (Wildman–Crippen MR) is 66.7 cm³/mol. The molecule has 0 radical (unpaired) electrons. The third-order valence-electron chi connectivity index (χ3n) is 1.22. The first kappa shape index (κ1) is 32.8. The molecule has 0 unspecified atom stereocenters. The Balaban J connectivity index is -0.000000122. The molecule has 1 aromatic rings. The number of hydrogen-bond acceptors (Lipinski definition) is 1. The van der Waals surface area contributed by atoms with Gasteiger partial charge in [0.1, 0.15) is 0 Å². The fourth-order valence-electron chi connectivity index (χ4n) is 0.610. The van der Waals surface area contributed by atoms with Crippen LogP contribution in [0.2, 0.25) is 0 Å². The monoisotopic (exact) mass is 423 g/mol. The second-order valence-corrected chi connectivity index (χ2v) is 4.63. The van der Waals surface area contributed by atoms with Gasteiger partial charge in [-0.2, -0.15) is 12.3 Å². The van der Waals surface area contributed by atoms with Crippen LogP contribution < -0.4 is 51.4 Å². The molecule has 18 heteroatoms. The molecule has 0 aliphatic rings. The SMILES string of the molecule is CC(C)(C)c1c[c-][nH]n1.F[B-](F)(F)F.F[B-](F)(F)F.F[B-](F)(F)F.[K+]. The minimum Gasteiger partial charge on any atom is -0.418 e. The summed E-state index contributed by atoms with van der Waals surface area (Å²) < 4.78 is 117. The maximum Gasteiger partial charge on any atom is 1.00 e. The molecule has 1 heterocycles. The van der Waals surface area contributed by atoms with Gasteiger partial charge in [0.05, 0.1) is 0 Å². The molecule has 1 rings (SSSR count). The number of aromatic nitrogens is 2. The topological polar surface area (TPSA) is 28.7 Å². The average Bonchev–Trinajstić information content (AvgIpc) is 2.58. The van der Waals surface area contributed by atoms with Gasteiger partial charge in [-0.15, -0.1) is 0 Å². The van der Waals surface area contributed by atoms with E-state index in [1.165, 1.54) is 0 Å². The van der Waals surface area contributed by atoms with Crippen LogP contribution in [0.3, 0.4) is 0 Å². The Morgan fingerprint density at radius 3 is 1.08 bits per heavy atom. The first-order valence-corrected chi connectivity index (χ1v) is 5.64. The molecule has 25 heavy (non-hydrogen) atoms. The van der Waals surface area contributed by atoms with Gasteiger partial charge in [0.15, 0.2) is 0 Å². The van der Waals surface area contributed by atoms with Gasteiger partial charge in [-0.25, -0.2) is 0 Å². The first-order valence-electron chi connectivity index (χ1n) is 5.64. The summed E-state index contributed by atoms with van der Waals surface area (Å²) in [5, 5.41) is 6.67. The molecule has 0 saturated carbocycles. The Labute approximate surface area is 178 Å². The molecule has 0 amide bonds. The van der Waals surface area contributed by atoms with Crippen molar-refractivity contribution in [3.05, 3.63) is 18.0 Å². The first-order chi connectivity index (χ1) is 10.1. The molecule has 0 aliphatic carbocycles. The minimum absolute atomic E-state index is 0. The second kappa shape index (κ2) is 13.4. The van der Waals surface area contributed by atoms with Gasteiger partial charge in [-0.3, -0.25) is 5.10 Å². The van der Waals surface area contributed by atoms with Crippen LogP contribution in [0.15, 0.2) is 6.07 Å². The zero-order valence-electron chi connectivity index (χ0n) is 13.3. The minimum atomic E-state index is -6.00. The van der Waals surface area contributed by atoms with Crippen molar-refractivity contribution in [3.63, 3.8) is 0 Å². The summed E-state index contributed by atoms with van der Waals surface area (Å²) in [6, 6.07) is 1.88. The van der Waals surface area contributed by atoms with Gasteiger partial charge in [-0.1, -0.05) is 31.9 Å². The molecular weight excluding hydrogens is 412 g/mol. The Bertz CT molecular complexity index is 364. The molecule has 0 bridgehead atoms. The van der Waals surface area contributed by atoms with E-state index in [9.17, 15) is 51.8 Å². The van der Waals surface area contributed by atoms with Crippen molar-refractivity contribution in [2.24, 2.45) is 0 Å². The van der Waals surface area contributed by atoms with Gasteiger partial charge >= 0.3 is 73.1 Å². The molecular formula is C7H11B3F12KN2-3. The number of halogens is 12. The van der Waals surface area contributed by atoms with Crippen LogP contribution in [0.5, 0.6) is 0 Å². The summed E-state index contributed by atoms with van der Waals surface area (Å²) >= 11 is 0. The standard InChI is InChI=1S/C7H11N2.3BF4.K/c1-7(2,3)6-4-5-8-9-6;3*2-1(3,4)5;/h4H,1-3H3,(H,8,9);;;;/q4*-1;+1. The fraction of sp³-hybridized carbons (Fsp3) is 0.571. The molecule has 0 aromatic carbocycles. The van der Waals surface area contributed by atoms with E-state index < -0.39 is 21.8 Å². The van der Waals surface area contributed by atoms with Crippen molar-refractivity contribution >= 4 is 21.8 Å². The molecule has 0 aliphatic heterocycles. The Kier molecular flexibility index (Phi) is 17.6. The van der Waals surface area contributed by atoms with E-state index in [-0.39, 0.29) is 56.8 Å². The van der Waals surface area contributed by atoms with E-state index in [0.717, 1.165) is 5.69 Å². The zero-order chi connectivity index (χ0) is 20.4. The van der Waals surface area contributed by atoms with Gasteiger partial charge in [0.25, 0.3) is 0 Å². The quantitative estimate of drug-likeness (QED) is 0.388. The van der Waals surface area contributed by atoms with Gasteiger partial charge in [0.2, 0.25) is 0 Å². The Morgan fingerprint density at radius 2 is 1.00 bits per heavy atom. The van der Waals surface area contributed by atoms with Gasteiger partial charge in [0, 0.05) is 0 Å². The molecule has 0 atom stereocenters. The molecule has 1 N–H and O–H groups in total. The van der Waals surface area contributed by atoms with Gasteiger partial charge in [-0.05, 0) is 0 Å². The molecule has 2 nitrogen and oxygen atoms in total. The third-order valence-corrected chi connectivity index (χ3v) is 1.22. The summed E-state index contributed by atoms with van der Waals surface area (Å²) in [6.07, 6.45) is 2.80. The molecule has 1 aromatic heterocycles. The molecule has 0 spiro atoms. The average molecular weight is 423 g/mol. The van der Waals surface area contributed by atoms with Crippen LogP contribution in [-0.2, 0) is 5.41 Å². The summed E-state index contributed by atoms with van der Waals surface area (Å²) in [4.78, 5) is 0. The number of hydrogen-bond donors (Lipinski definition) is 1. The van der Waals surface area contributed by atoms with Crippen LogP contribution in [0.1, 0.15) is 26.5 Å². The van der Waals surface area contributed by atoms with Crippen LogP contribution >= 0.6 is 0 Å². The smallest absolute Gasteiger partial charge is 0.418 e. The number of aromatic amines is 1. The number of nitrogens with zero attached hydrogens (tertiary/aromatic N) is 1. The largest absolute Gasteiger partial charge is 1.00 e. The normalized spacial score (nSPS) is 11.5. The van der Waals surface area contributed by atoms with Crippen molar-refractivity contribution in [1.82, 2.24) is 10.2 Å². The van der Waals surface area contributed by atoms with E-state index in [4.69, 9.17) is 0 Å². The van der Waals surface area contributed by atoms with Crippen molar-refractivity contribution in [2.75, 3.05) is 0 Å². The van der Waals surface area contributed by atoms with Crippen LogP contribution in [-0.4, -0.2) is 32.0 Å². The van der Waals surface area contributed by atoms with Crippen molar-refractivity contribution < 1.29 is 103 Å². The molecule has 0 saturated heterocycles. The Hall–Kier alpha value is 0.201. The predicted octanol–water partition coefficient (Wildman–Crippen LogP) is 2.41. The van der Waals surface area contributed by atoms with Crippen LogP contribution in [0.25, 0.3) is 0 Å². The maximum atomic E-state index is 9.75. The summed E-state index contributed by atoms with van der Waals surface area (Å²) in [6.45, 7) is 6.37. The summed E-state index contributed by atoms with van der Waals surface area (Å²) in [5.41, 5.74) is 1.21. The number of H-pyrrole nitrogens is 1. The Morgan fingerprint density at radius 1 is 0.760 bits per heavy atom. The number of rotatable bonds is 0.